The normalized spacial score (nSPS) is 11.4. The van der Waals surface area contributed by atoms with E-state index in [0.29, 0.717) is 12.1 Å². The Morgan fingerprint density at radius 3 is 2.11 bits per heavy atom. The highest BCUT2D eigenvalue weighted by Gasteiger charge is 2.14. The van der Waals surface area contributed by atoms with Crippen LogP contribution in [0.3, 0.4) is 0 Å². The third-order valence-corrected chi connectivity index (χ3v) is 3.45. The Kier molecular flexibility index (Phi) is 6.16. The number of hydrogen-bond donors (Lipinski definition) is 0. The summed E-state index contributed by atoms with van der Waals surface area (Å²) >= 11 is 0. The fourth-order valence-electron chi connectivity index (χ4n) is 2.44. The van der Waals surface area contributed by atoms with Gasteiger partial charge in [0.2, 0.25) is 0 Å². The van der Waals surface area contributed by atoms with Crippen molar-refractivity contribution < 1.29 is 9.47 Å². The Morgan fingerprint density at radius 1 is 1.00 bits per heavy atom. The van der Waals surface area contributed by atoms with Crippen LogP contribution in [0.5, 0.6) is 11.5 Å². The van der Waals surface area contributed by atoms with Crippen molar-refractivity contribution in [3.05, 3.63) is 23.8 Å². The molecule has 0 aliphatic rings. The minimum atomic E-state index is 0.552. The third kappa shape index (κ3) is 4.43. The maximum absolute atomic E-state index is 5.42. The summed E-state index contributed by atoms with van der Waals surface area (Å²) in [5, 5.41) is 0. The van der Waals surface area contributed by atoms with Crippen LogP contribution in [0.4, 0.5) is 0 Å². The number of methoxy groups -OCH3 is 2. The molecular weight excluding hydrogens is 238 g/mol. The first-order chi connectivity index (χ1) is 8.99. The molecule has 0 aliphatic heterocycles. The molecule has 19 heavy (non-hydrogen) atoms. The Hall–Kier alpha value is -1.22. The lowest BCUT2D eigenvalue weighted by molar-refractivity contribution is 0.177. The van der Waals surface area contributed by atoms with Crippen LogP contribution >= 0.6 is 0 Å². The van der Waals surface area contributed by atoms with Crippen molar-refractivity contribution >= 4 is 0 Å². The molecule has 0 fully saturated rings. The lowest BCUT2D eigenvalue weighted by Gasteiger charge is -2.30. The van der Waals surface area contributed by atoms with E-state index in [1.165, 1.54) is 5.56 Å². The Morgan fingerprint density at radius 2 is 1.63 bits per heavy atom. The van der Waals surface area contributed by atoms with Gasteiger partial charge in [-0.2, -0.15) is 0 Å². The molecule has 3 heteroatoms. The van der Waals surface area contributed by atoms with Crippen LogP contribution < -0.4 is 9.47 Å². The predicted molar refractivity (Wildman–Crippen MR) is 80.2 cm³/mol. The SMILES string of the molecule is COc1ccc(OC)c(CCN(C(C)C)C(C)C)c1. The van der Waals surface area contributed by atoms with E-state index < -0.39 is 0 Å². The molecule has 1 aromatic rings. The monoisotopic (exact) mass is 265 g/mol. The molecule has 0 spiro atoms. The molecule has 0 aliphatic carbocycles. The maximum atomic E-state index is 5.42. The largest absolute Gasteiger partial charge is 0.497 e. The first-order valence-electron chi connectivity index (χ1n) is 6.96. The molecule has 0 radical (unpaired) electrons. The second-order valence-corrected chi connectivity index (χ2v) is 5.35. The highest BCUT2D eigenvalue weighted by molar-refractivity contribution is 5.40. The number of benzene rings is 1. The first kappa shape index (κ1) is 15.8. The van der Waals surface area contributed by atoms with Crippen LogP contribution in [0.25, 0.3) is 0 Å². The van der Waals surface area contributed by atoms with Gasteiger partial charge in [0.1, 0.15) is 11.5 Å². The van der Waals surface area contributed by atoms with Crippen LogP contribution in [0, 0.1) is 0 Å². The van der Waals surface area contributed by atoms with Crippen LogP contribution in [0.2, 0.25) is 0 Å². The molecule has 0 N–H and O–H groups in total. The summed E-state index contributed by atoms with van der Waals surface area (Å²) < 4.78 is 10.7. The van der Waals surface area contributed by atoms with Gasteiger partial charge in [-0.15, -0.1) is 0 Å². The second kappa shape index (κ2) is 7.39. The zero-order valence-electron chi connectivity index (χ0n) is 13.1. The average molecular weight is 265 g/mol. The van der Waals surface area contributed by atoms with Crippen LogP contribution in [-0.2, 0) is 6.42 Å². The second-order valence-electron chi connectivity index (χ2n) is 5.35. The van der Waals surface area contributed by atoms with Crippen molar-refractivity contribution in [2.75, 3.05) is 20.8 Å². The lowest BCUT2D eigenvalue weighted by atomic mass is 10.1. The van der Waals surface area contributed by atoms with Gasteiger partial charge in [0.25, 0.3) is 0 Å². The molecule has 108 valence electrons. The first-order valence-corrected chi connectivity index (χ1v) is 6.96. The Balaban J connectivity index is 2.80. The van der Waals surface area contributed by atoms with Crippen LogP contribution in [-0.4, -0.2) is 37.7 Å². The predicted octanol–water partition coefficient (Wildman–Crippen LogP) is 3.37. The van der Waals surface area contributed by atoms with Gasteiger partial charge >= 0.3 is 0 Å². The van der Waals surface area contributed by atoms with E-state index in [1.807, 2.05) is 12.1 Å². The Bertz CT molecular complexity index is 380. The van der Waals surface area contributed by atoms with Gasteiger partial charge in [-0.05, 0) is 57.9 Å². The minimum Gasteiger partial charge on any atom is -0.497 e. The molecule has 3 nitrogen and oxygen atoms in total. The van der Waals surface area contributed by atoms with E-state index in [0.717, 1.165) is 24.5 Å². The molecule has 0 aromatic heterocycles. The lowest BCUT2D eigenvalue weighted by Crippen LogP contribution is -2.38. The van der Waals surface area contributed by atoms with Crippen molar-refractivity contribution in [1.29, 1.82) is 0 Å². The summed E-state index contributed by atoms with van der Waals surface area (Å²) in [5.74, 6) is 1.82. The van der Waals surface area contributed by atoms with Gasteiger partial charge in [0.15, 0.2) is 0 Å². The van der Waals surface area contributed by atoms with E-state index in [2.05, 4.69) is 38.7 Å². The number of hydrogen-bond acceptors (Lipinski definition) is 3. The molecule has 1 rings (SSSR count). The number of rotatable bonds is 7. The molecule has 1 aromatic carbocycles. The van der Waals surface area contributed by atoms with Crippen molar-refractivity contribution in [3.8, 4) is 11.5 Å². The standard InChI is InChI=1S/C16H27NO2/c1-12(2)17(13(3)4)10-9-14-11-15(18-5)7-8-16(14)19-6/h7-8,11-13H,9-10H2,1-6H3. The van der Waals surface area contributed by atoms with Gasteiger partial charge in [-0.1, -0.05) is 0 Å². The van der Waals surface area contributed by atoms with Crippen molar-refractivity contribution in [1.82, 2.24) is 4.90 Å². The molecule has 0 heterocycles. The van der Waals surface area contributed by atoms with Crippen LogP contribution in [0.1, 0.15) is 33.3 Å². The van der Waals surface area contributed by atoms with Gasteiger partial charge < -0.3 is 9.47 Å². The molecule has 0 saturated heterocycles. The van der Waals surface area contributed by atoms with Gasteiger partial charge in [-0.3, -0.25) is 4.90 Å². The summed E-state index contributed by atoms with van der Waals surface area (Å²) in [5.41, 5.74) is 1.20. The van der Waals surface area contributed by atoms with E-state index in [1.54, 1.807) is 14.2 Å². The van der Waals surface area contributed by atoms with Crippen LogP contribution in [0.15, 0.2) is 18.2 Å². The summed E-state index contributed by atoms with van der Waals surface area (Å²) in [6, 6.07) is 7.08. The summed E-state index contributed by atoms with van der Waals surface area (Å²) in [4.78, 5) is 2.49. The number of nitrogens with zero attached hydrogens (tertiary/aromatic N) is 1. The van der Waals surface area contributed by atoms with Gasteiger partial charge in [-0.25, -0.2) is 0 Å². The quantitative estimate of drug-likeness (QED) is 0.754. The molecule has 0 saturated carbocycles. The fraction of sp³-hybridized carbons (Fsp3) is 0.625. The topological polar surface area (TPSA) is 21.7 Å². The van der Waals surface area contributed by atoms with E-state index >= 15 is 0 Å². The van der Waals surface area contributed by atoms with Crippen molar-refractivity contribution in [2.45, 2.75) is 46.2 Å². The summed E-state index contributed by atoms with van der Waals surface area (Å²) in [6.45, 7) is 9.98. The fourth-order valence-corrected chi connectivity index (χ4v) is 2.44. The average Bonchev–Trinajstić information content (AvgIpc) is 2.37. The van der Waals surface area contributed by atoms with E-state index in [4.69, 9.17) is 9.47 Å². The highest BCUT2D eigenvalue weighted by atomic mass is 16.5. The van der Waals surface area contributed by atoms with Crippen molar-refractivity contribution in [2.24, 2.45) is 0 Å². The summed E-state index contributed by atoms with van der Waals surface area (Å²) in [6.07, 6.45) is 0.969. The molecule has 0 bridgehead atoms. The highest BCUT2D eigenvalue weighted by Crippen LogP contribution is 2.24. The Labute approximate surface area is 117 Å². The smallest absolute Gasteiger partial charge is 0.122 e. The van der Waals surface area contributed by atoms with E-state index in [9.17, 15) is 0 Å². The molecular formula is C16H27NO2. The van der Waals surface area contributed by atoms with Crippen molar-refractivity contribution in [3.63, 3.8) is 0 Å². The summed E-state index contributed by atoms with van der Waals surface area (Å²) in [7, 11) is 3.41. The zero-order valence-corrected chi connectivity index (χ0v) is 13.1. The zero-order chi connectivity index (χ0) is 14.4. The maximum Gasteiger partial charge on any atom is 0.122 e. The van der Waals surface area contributed by atoms with E-state index in [-0.39, 0.29) is 0 Å². The third-order valence-electron chi connectivity index (χ3n) is 3.45. The molecule has 0 unspecified atom stereocenters. The minimum absolute atomic E-state index is 0.552. The van der Waals surface area contributed by atoms with Gasteiger partial charge in [0, 0.05) is 18.6 Å². The van der Waals surface area contributed by atoms with Gasteiger partial charge in [0.05, 0.1) is 14.2 Å². The molecule has 0 atom stereocenters. The molecule has 0 amide bonds. The number of ether oxygens (including phenoxy) is 2.